The van der Waals surface area contributed by atoms with Crippen LogP contribution in [0.25, 0.3) is 6.08 Å². The predicted octanol–water partition coefficient (Wildman–Crippen LogP) is 4.83. The van der Waals surface area contributed by atoms with Crippen LogP contribution in [0.15, 0.2) is 48.5 Å². The van der Waals surface area contributed by atoms with Gasteiger partial charge in [-0.05, 0) is 35.9 Å². The van der Waals surface area contributed by atoms with Crippen LogP contribution in [0.1, 0.15) is 16.7 Å². The number of benzene rings is 2. The molecule has 0 aliphatic heterocycles. The van der Waals surface area contributed by atoms with E-state index in [0.29, 0.717) is 12.1 Å². The number of rotatable bonds is 6. The fourth-order valence-electron chi connectivity index (χ4n) is 2.32. The van der Waals surface area contributed by atoms with Gasteiger partial charge in [0.25, 0.3) is 11.6 Å². The van der Waals surface area contributed by atoms with Crippen molar-refractivity contribution in [1.29, 1.82) is 0 Å². The maximum atomic E-state index is 12.7. The summed E-state index contributed by atoms with van der Waals surface area (Å²) in [7, 11) is 0. The Balaban J connectivity index is 1.99. The highest BCUT2D eigenvalue weighted by Gasteiger charge is 2.33. The lowest BCUT2D eigenvalue weighted by molar-refractivity contribution is -0.384. The molecule has 2 rings (SSSR count). The molecule has 0 unspecified atom stereocenters. The normalized spacial score (nSPS) is 11.9. The molecule has 0 saturated heterocycles. The molecule has 13 heteroatoms. The minimum absolute atomic E-state index is 0.0293. The third-order valence-electron chi connectivity index (χ3n) is 3.77. The number of carbonyl (C=O) groups excluding carboxylic acids is 2. The number of hydrogen-bond donors (Lipinski definition) is 1. The highest BCUT2D eigenvalue weighted by Crippen LogP contribution is 2.35. The minimum Gasteiger partial charge on any atom is -0.452 e. The number of amides is 1. The van der Waals surface area contributed by atoms with Gasteiger partial charge in [0.05, 0.1) is 16.1 Å². The average molecular weight is 462 g/mol. The van der Waals surface area contributed by atoms with Gasteiger partial charge in [0.15, 0.2) is 6.61 Å². The highest BCUT2D eigenvalue weighted by molar-refractivity contribution is 5.96. The first-order valence-electron chi connectivity index (χ1n) is 8.45. The van der Waals surface area contributed by atoms with Crippen LogP contribution >= 0.6 is 0 Å². The summed E-state index contributed by atoms with van der Waals surface area (Å²) >= 11 is 0. The van der Waals surface area contributed by atoms with Crippen LogP contribution in [0.5, 0.6) is 0 Å². The van der Waals surface area contributed by atoms with E-state index in [1.54, 1.807) is 0 Å². The number of carbonyl (C=O) groups is 2. The Morgan fingerprint density at radius 2 is 1.62 bits per heavy atom. The van der Waals surface area contributed by atoms with Gasteiger partial charge in [-0.25, -0.2) is 4.79 Å². The summed E-state index contributed by atoms with van der Waals surface area (Å²) < 4.78 is 80.6. The van der Waals surface area contributed by atoms with E-state index in [2.05, 4.69) is 4.74 Å². The summed E-state index contributed by atoms with van der Waals surface area (Å²) in [5.41, 5.74) is -3.78. The van der Waals surface area contributed by atoms with Crippen LogP contribution in [-0.2, 0) is 26.7 Å². The van der Waals surface area contributed by atoms with E-state index in [0.717, 1.165) is 30.4 Å². The number of halogens is 6. The molecule has 0 bridgehead atoms. The van der Waals surface area contributed by atoms with Crippen LogP contribution in [0.4, 0.5) is 37.7 Å². The Bertz CT molecular complexity index is 1060. The fraction of sp³-hybridized carbons (Fsp3) is 0.158. The first kappa shape index (κ1) is 24.4. The summed E-state index contributed by atoms with van der Waals surface area (Å²) in [6.07, 6.45) is -7.66. The van der Waals surface area contributed by atoms with Crippen molar-refractivity contribution in [2.24, 2.45) is 0 Å². The monoisotopic (exact) mass is 462 g/mol. The van der Waals surface area contributed by atoms with E-state index in [1.807, 2.05) is 5.32 Å². The van der Waals surface area contributed by atoms with Crippen LogP contribution in [0.2, 0.25) is 0 Å². The zero-order valence-corrected chi connectivity index (χ0v) is 15.7. The number of alkyl halides is 6. The molecule has 2 aromatic carbocycles. The number of anilines is 1. The number of esters is 1. The van der Waals surface area contributed by atoms with Crippen LogP contribution in [0.3, 0.4) is 0 Å². The van der Waals surface area contributed by atoms with Gasteiger partial charge < -0.3 is 10.1 Å². The standard InChI is InChI=1S/C19H12F6N2O5/c20-18(21,22)12-3-1-2-11(8-12)4-7-17(29)32-10-16(28)26-14-6-5-13(19(23,24)25)9-15(14)27(30)31/h1-9H,10H2,(H,26,28)/b7-4+. The molecule has 1 amide bonds. The molecule has 2 aromatic rings. The predicted molar refractivity (Wildman–Crippen MR) is 98.2 cm³/mol. The minimum atomic E-state index is -4.84. The van der Waals surface area contributed by atoms with Crippen molar-refractivity contribution >= 4 is 29.3 Å². The number of nitrogens with zero attached hydrogens (tertiary/aromatic N) is 1. The SMILES string of the molecule is O=C(COC(=O)/C=C/c1cccc(C(F)(F)F)c1)Nc1ccc(C(F)(F)F)cc1[N+](=O)[O-]. The number of ether oxygens (including phenoxy) is 1. The van der Waals surface area contributed by atoms with Crippen LogP contribution in [-0.4, -0.2) is 23.4 Å². The van der Waals surface area contributed by atoms with Gasteiger partial charge in [-0.3, -0.25) is 14.9 Å². The van der Waals surface area contributed by atoms with Crippen molar-refractivity contribution < 1.29 is 45.6 Å². The number of hydrogen-bond acceptors (Lipinski definition) is 5. The Kier molecular flexibility index (Phi) is 7.23. The molecule has 170 valence electrons. The van der Waals surface area contributed by atoms with Gasteiger partial charge in [-0.15, -0.1) is 0 Å². The van der Waals surface area contributed by atoms with E-state index < -0.39 is 58.3 Å². The molecule has 0 spiro atoms. The summed E-state index contributed by atoms with van der Waals surface area (Å²) in [5.74, 6) is -2.20. The Labute approximate surface area is 175 Å². The van der Waals surface area contributed by atoms with Crippen molar-refractivity contribution in [2.45, 2.75) is 12.4 Å². The van der Waals surface area contributed by atoms with Gasteiger partial charge in [0.1, 0.15) is 5.69 Å². The molecule has 0 heterocycles. The molecule has 0 fully saturated rings. The van der Waals surface area contributed by atoms with Gasteiger partial charge in [0.2, 0.25) is 0 Å². The number of nitro benzene ring substituents is 1. The molecule has 0 radical (unpaired) electrons. The van der Waals surface area contributed by atoms with Gasteiger partial charge in [-0.2, -0.15) is 26.3 Å². The maximum Gasteiger partial charge on any atom is 0.416 e. The Morgan fingerprint density at radius 3 is 2.22 bits per heavy atom. The lowest BCUT2D eigenvalue weighted by Crippen LogP contribution is -2.21. The number of nitro groups is 1. The largest absolute Gasteiger partial charge is 0.452 e. The fourth-order valence-corrected chi connectivity index (χ4v) is 2.32. The zero-order chi connectivity index (χ0) is 24.1. The van der Waals surface area contributed by atoms with E-state index in [9.17, 15) is 46.0 Å². The maximum absolute atomic E-state index is 12.7. The van der Waals surface area contributed by atoms with E-state index >= 15 is 0 Å². The molecule has 1 N–H and O–H groups in total. The molecule has 32 heavy (non-hydrogen) atoms. The van der Waals surface area contributed by atoms with Crippen LogP contribution in [0, 0.1) is 10.1 Å². The molecular weight excluding hydrogens is 450 g/mol. The lowest BCUT2D eigenvalue weighted by atomic mass is 10.1. The Hall–Kier alpha value is -3.90. The molecule has 0 atom stereocenters. The van der Waals surface area contributed by atoms with E-state index in [1.165, 1.54) is 6.07 Å². The smallest absolute Gasteiger partial charge is 0.416 e. The second kappa shape index (κ2) is 9.49. The van der Waals surface area contributed by atoms with Gasteiger partial charge in [-0.1, -0.05) is 12.1 Å². The van der Waals surface area contributed by atoms with Gasteiger partial charge >= 0.3 is 18.3 Å². The topological polar surface area (TPSA) is 98.5 Å². The van der Waals surface area contributed by atoms with Crippen molar-refractivity contribution in [3.05, 3.63) is 75.3 Å². The second-order valence-electron chi connectivity index (χ2n) is 6.10. The lowest BCUT2D eigenvalue weighted by Gasteiger charge is -2.10. The summed E-state index contributed by atoms with van der Waals surface area (Å²) in [5, 5.41) is 12.9. The summed E-state index contributed by atoms with van der Waals surface area (Å²) in [6.45, 7) is -0.954. The van der Waals surface area contributed by atoms with Crippen molar-refractivity contribution in [1.82, 2.24) is 0 Å². The summed E-state index contributed by atoms with van der Waals surface area (Å²) in [6, 6.07) is 5.45. The molecule has 0 saturated carbocycles. The summed E-state index contributed by atoms with van der Waals surface area (Å²) in [4.78, 5) is 33.3. The quantitative estimate of drug-likeness (QED) is 0.218. The van der Waals surface area contributed by atoms with Crippen LogP contribution < -0.4 is 5.32 Å². The van der Waals surface area contributed by atoms with Crippen molar-refractivity contribution in [3.8, 4) is 0 Å². The molecule has 0 aliphatic carbocycles. The average Bonchev–Trinajstić information content (AvgIpc) is 2.69. The molecular formula is C19H12F6N2O5. The first-order valence-corrected chi connectivity index (χ1v) is 8.45. The third-order valence-corrected chi connectivity index (χ3v) is 3.77. The third kappa shape index (κ3) is 6.82. The van der Waals surface area contributed by atoms with Crippen molar-refractivity contribution in [3.63, 3.8) is 0 Å². The molecule has 7 nitrogen and oxygen atoms in total. The van der Waals surface area contributed by atoms with Crippen molar-refractivity contribution in [2.75, 3.05) is 11.9 Å². The Morgan fingerprint density at radius 1 is 1.00 bits per heavy atom. The first-order chi connectivity index (χ1) is 14.8. The highest BCUT2D eigenvalue weighted by atomic mass is 19.4. The second-order valence-corrected chi connectivity index (χ2v) is 6.10. The molecule has 0 aliphatic rings. The van der Waals surface area contributed by atoms with E-state index in [4.69, 9.17) is 0 Å². The number of nitrogens with one attached hydrogen (secondary N) is 1. The van der Waals surface area contributed by atoms with E-state index in [-0.39, 0.29) is 11.6 Å². The molecule has 0 aromatic heterocycles. The van der Waals surface area contributed by atoms with Gasteiger partial charge in [0, 0.05) is 12.1 Å². The zero-order valence-electron chi connectivity index (χ0n) is 15.7.